The Morgan fingerprint density at radius 2 is 1.06 bits per heavy atom. The highest BCUT2D eigenvalue weighted by Crippen LogP contribution is 2.25. The van der Waals surface area contributed by atoms with Crippen molar-refractivity contribution in [2.75, 3.05) is 26.2 Å². The van der Waals surface area contributed by atoms with Crippen LogP contribution in [0.2, 0.25) is 0 Å². The molecule has 0 bridgehead atoms. The van der Waals surface area contributed by atoms with Gasteiger partial charge in [0.25, 0.3) is 0 Å². The van der Waals surface area contributed by atoms with Gasteiger partial charge in [0.05, 0.1) is 0 Å². The Bertz CT molecular complexity index is 146. The third kappa shape index (κ3) is 4.06. The highest BCUT2D eigenvalue weighted by molar-refractivity contribution is 4.77. The molecule has 2 nitrogen and oxygen atoms in total. The molecule has 2 atom stereocenters. The topological polar surface area (TPSA) is 24.1 Å². The van der Waals surface area contributed by atoms with Crippen LogP contribution >= 0.6 is 0 Å². The Hall–Kier alpha value is -0.0800. The van der Waals surface area contributed by atoms with Gasteiger partial charge >= 0.3 is 0 Å². The van der Waals surface area contributed by atoms with Gasteiger partial charge < -0.3 is 10.6 Å². The third-order valence-corrected chi connectivity index (χ3v) is 4.34. The maximum atomic E-state index is 3.64. The average molecular weight is 224 g/mol. The van der Waals surface area contributed by atoms with E-state index in [-0.39, 0.29) is 0 Å². The van der Waals surface area contributed by atoms with Gasteiger partial charge in [-0.2, -0.15) is 0 Å². The third-order valence-electron chi connectivity index (χ3n) is 4.34. The Kier molecular flexibility index (Phi) is 5.64. The summed E-state index contributed by atoms with van der Waals surface area (Å²) in [7, 11) is 0. The summed E-state index contributed by atoms with van der Waals surface area (Å²) in [6.45, 7) is 5.03. The van der Waals surface area contributed by atoms with Crippen molar-refractivity contribution in [1.29, 1.82) is 0 Å². The van der Waals surface area contributed by atoms with Gasteiger partial charge in [0, 0.05) is 0 Å². The van der Waals surface area contributed by atoms with Crippen molar-refractivity contribution in [3.05, 3.63) is 0 Å². The number of hydrogen-bond acceptors (Lipinski definition) is 2. The fourth-order valence-corrected chi connectivity index (χ4v) is 3.25. The summed E-state index contributed by atoms with van der Waals surface area (Å²) in [5.41, 5.74) is 0. The Morgan fingerprint density at radius 3 is 1.56 bits per heavy atom. The van der Waals surface area contributed by atoms with Crippen LogP contribution in [0.4, 0.5) is 0 Å². The summed E-state index contributed by atoms with van der Waals surface area (Å²) in [4.78, 5) is 0. The molecule has 2 aliphatic rings. The fraction of sp³-hybridized carbons (Fsp3) is 1.00. The van der Waals surface area contributed by atoms with Gasteiger partial charge in [-0.25, -0.2) is 0 Å². The maximum Gasteiger partial charge on any atom is -0.00174 e. The summed E-state index contributed by atoms with van der Waals surface area (Å²) >= 11 is 0. The summed E-state index contributed by atoms with van der Waals surface area (Å²) in [6.07, 6.45) is 11.5. The van der Waals surface area contributed by atoms with E-state index in [0.29, 0.717) is 0 Å². The smallest absolute Gasteiger partial charge is 0.00174 e. The van der Waals surface area contributed by atoms with Crippen molar-refractivity contribution in [3.63, 3.8) is 0 Å². The van der Waals surface area contributed by atoms with Crippen molar-refractivity contribution in [1.82, 2.24) is 10.6 Å². The molecule has 2 rings (SSSR count). The molecule has 2 saturated heterocycles. The minimum absolute atomic E-state index is 0.936. The van der Waals surface area contributed by atoms with Crippen LogP contribution in [0.1, 0.15) is 51.4 Å². The predicted octanol–water partition coefficient (Wildman–Crippen LogP) is 2.55. The fourth-order valence-electron chi connectivity index (χ4n) is 3.25. The lowest BCUT2D eigenvalue weighted by molar-refractivity contribution is 0.243. The minimum Gasteiger partial charge on any atom is -0.316 e. The van der Waals surface area contributed by atoms with Crippen LogP contribution in [-0.4, -0.2) is 26.2 Å². The Morgan fingerprint density at radius 1 is 0.562 bits per heavy atom. The normalized spacial score (nSPS) is 34.5. The molecule has 0 aromatic carbocycles. The van der Waals surface area contributed by atoms with Gasteiger partial charge in [-0.15, -0.1) is 0 Å². The van der Waals surface area contributed by atoms with E-state index in [0.717, 1.165) is 11.8 Å². The van der Waals surface area contributed by atoms with Gasteiger partial charge in [-0.3, -0.25) is 0 Å². The van der Waals surface area contributed by atoms with E-state index < -0.39 is 0 Å². The molecule has 0 aromatic rings. The van der Waals surface area contributed by atoms with Crippen LogP contribution < -0.4 is 10.6 Å². The van der Waals surface area contributed by atoms with Crippen LogP contribution in [0.25, 0.3) is 0 Å². The molecule has 0 saturated carbocycles. The van der Waals surface area contributed by atoms with Crippen LogP contribution in [0.5, 0.6) is 0 Å². The Balaban J connectivity index is 1.81. The molecule has 16 heavy (non-hydrogen) atoms. The van der Waals surface area contributed by atoms with Crippen LogP contribution in [-0.2, 0) is 0 Å². The zero-order valence-corrected chi connectivity index (χ0v) is 10.6. The number of nitrogens with one attached hydrogen (secondary N) is 2. The molecule has 2 heteroatoms. The molecule has 2 aliphatic heterocycles. The van der Waals surface area contributed by atoms with E-state index >= 15 is 0 Å². The second-order valence-electron chi connectivity index (χ2n) is 5.63. The lowest BCUT2D eigenvalue weighted by Crippen LogP contribution is -2.36. The van der Waals surface area contributed by atoms with Crippen LogP contribution in [0, 0.1) is 11.8 Å². The van der Waals surface area contributed by atoms with Crippen molar-refractivity contribution in [3.8, 4) is 0 Å². The molecular weight excluding hydrogens is 196 g/mol. The van der Waals surface area contributed by atoms with E-state index in [2.05, 4.69) is 10.6 Å². The van der Waals surface area contributed by atoms with Crippen molar-refractivity contribution in [2.24, 2.45) is 11.8 Å². The first-order chi connectivity index (χ1) is 7.97. The number of hydrogen-bond donors (Lipinski definition) is 2. The highest BCUT2D eigenvalue weighted by Gasteiger charge is 2.22. The van der Waals surface area contributed by atoms with Crippen molar-refractivity contribution in [2.45, 2.75) is 51.4 Å². The van der Waals surface area contributed by atoms with Gasteiger partial charge in [-0.1, -0.05) is 25.7 Å². The summed E-state index contributed by atoms with van der Waals surface area (Å²) in [5, 5.41) is 7.29. The molecule has 2 heterocycles. The van der Waals surface area contributed by atoms with Gasteiger partial charge in [0.2, 0.25) is 0 Å². The molecule has 0 aromatic heterocycles. The summed E-state index contributed by atoms with van der Waals surface area (Å²) < 4.78 is 0. The van der Waals surface area contributed by atoms with Crippen molar-refractivity contribution < 1.29 is 0 Å². The first-order valence-corrected chi connectivity index (χ1v) is 7.38. The van der Waals surface area contributed by atoms with E-state index in [9.17, 15) is 0 Å². The lowest BCUT2D eigenvalue weighted by Gasteiger charge is -2.30. The molecule has 2 N–H and O–H groups in total. The molecule has 2 unspecified atom stereocenters. The largest absolute Gasteiger partial charge is 0.316 e. The molecule has 94 valence electrons. The van der Waals surface area contributed by atoms with Crippen molar-refractivity contribution >= 4 is 0 Å². The highest BCUT2D eigenvalue weighted by atomic mass is 14.9. The monoisotopic (exact) mass is 224 g/mol. The quantitative estimate of drug-likeness (QED) is 0.715. The van der Waals surface area contributed by atoms with E-state index in [1.807, 2.05) is 0 Å². The van der Waals surface area contributed by atoms with E-state index in [1.165, 1.54) is 77.5 Å². The predicted molar refractivity (Wildman–Crippen MR) is 69.7 cm³/mol. The van der Waals surface area contributed by atoms with Gasteiger partial charge in [0.1, 0.15) is 0 Å². The van der Waals surface area contributed by atoms with Gasteiger partial charge in [0.15, 0.2) is 0 Å². The van der Waals surface area contributed by atoms with E-state index in [1.54, 1.807) is 0 Å². The summed E-state index contributed by atoms with van der Waals surface area (Å²) in [6, 6.07) is 0. The minimum atomic E-state index is 0.936. The molecule has 0 radical (unpaired) electrons. The molecule has 0 spiro atoms. The van der Waals surface area contributed by atoms with Gasteiger partial charge in [-0.05, 0) is 63.7 Å². The first kappa shape index (κ1) is 12.4. The zero-order chi connectivity index (χ0) is 11.1. The standard InChI is InChI=1S/C14H28N2/c1-3-7-13(11-15-9-5-1)14-8-4-2-6-10-16-12-14/h13-16H,1-12H2. The second-order valence-corrected chi connectivity index (χ2v) is 5.63. The maximum absolute atomic E-state index is 3.64. The van der Waals surface area contributed by atoms with Crippen LogP contribution in [0.3, 0.4) is 0 Å². The van der Waals surface area contributed by atoms with Crippen LogP contribution in [0.15, 0.2) is 0 Å². The molecule has 0 aliphatic carbocycles. The molecule has 0 amide bonds. The Labute approximate surface area is 101 Å². The van der Waals surface area contributed by atoms with E-state index in [4.69, 9.17) is 0 Å². The zero-order valence-electron chi connectivity index (χ0n) is 10.6. The number of rotatable bonds is 1. The molecule has 2 fully saturated rings. The SMILES string of the molecule is C1CCNCC(C2CCCCCNC2)CC1. The average Bonchev–Trinajstić information content (AvgIpc) is 2.18. The lowest BCUT2D eigenvalue weighted by atomic mass is 9.82. The first-order valence-electron chi connectivity index (χ1n) is 7.38. The second kappa shape index (κ2) is 7.29. The summed E-state index contributed by atoms with van der Waals surface area (Å²) in [5.74, 6) is 1.87. The molecular formula is C14H28N2.